The number of amides is 3. The van der Waals surface area contributed by atoms with Crippen molar-refractivity contribution in [3.05, 3.63) is 57.6 Å². The number of nitrogens with two attached hydrogens (primary N) is 1. The normalized spacial score (nSPS) is 11.1. The smallest absolute Gasteiger partial charge is 0.319 e. The van der Waals surface area contributed by atoms with Crippen molar-refractivity contribution in [2.45, 2.75) is 13.8 Å². The van der Waals surface area contributed by atoms with Gasteiger partial charge in [-0.1, -0.05) is 11.6 Å². The van der Waals surface area contributed by atoms with Crippen molar-refractivity contribution in [1.82, 2.24) is 9.88 Å². The average Bonchev–Trinajstić information content (AvgIpc) is 2.81. The topological polar surface area (TPSA) is 101 Å². The largest absolute Gasteiger partial charge is 0.351 e. The van der Waals surface area contributed by atoms with Crippen LogP contribution in [0.25, 0.3) is 11.8 Å². The second-order valence-electron chi connectivity index (χ2n) is 5.25. The maximum absolute atomic E-state index is 13.4. The standard InChI is InChI=1S/C17H14ClFN4O2/c1-9-5-11(6-12(8-20)16(24)22-17(21)25)10(2)23(9)13-3-4-15(19)14(18)7-13/h3-7H,1-2H3,(H3,21,22,24,25)/b12-6-. The third-order valence-corrected chi connectivity index (χ3v) is 3.82. The first-order chi connectivity index (χ1) is 11.7. The fourth-order valence-corrected chi connectivity index (χ4v) is 2.61. The molecule has 1 heterocycles. The molecule has 0 saturated carbocycles. The van der Waals surface area contributed by atoms with Crippen LogP contribution in [0.5, 0.6) is 0 Å². The molecule has 0 radical (unpaired) electrons. The number of nitrogens with one attached hydrogen (secondary N) is 1. The summed E-state index contributed by atoms with van der Waals surface area (Å²) in [5.74, 6) is -1.41. The first-order valence-electron chi connectivity index (χ1n) is 7.11. The summed E-state index contributed by atoms with van der Waals surface area (Å²) in [6.45, 7) is 3.59. The Hall–Kier alpha value is -3.11. The zero-order valence-corrected chi connectivity index (χ0v) is 14.2. The lowest BCUT2D eigenvalue weighted by Gasteiger charge is -2.10. The molecule has 0 aliphatic heterocycles. The van der Waals surface area contributed by atoms with E-state index in [0.29, 0.717) is 16.9 Å². The van der Waals surface area contributed by atoms with Gasteiger partial charge in [-0.3, -0.25) is 10.1 Å². The molecule has 8 heteroatoms. The van der Waals surface area contributed by atoms with Crippen LogP contribution in [0.2, 0.25) is 5.02 Å². The van der Waals surface area contributed by atoms with E-state index in [1.165, 1.54) is 18.2 Å². The van der Waals surface area contributed by atoms with Gasteiger partial charge in [-0.15, -0.1) is 0 Å². The van der Waals surface area contributed by atoms with Crippen LogP contribution in [0.4, 0.5) is 9.18 Å². The number of imide groups is 1. The van der Waals surface area contributed by atoms with Gasteiger partial charge in [0.1, 0.15) is 17.5 Å². The summed E-state index contributed by atoms with van der Waals surface area (Å²) in [6, 6.07) is 6.74. The quantitative estimate of drug-likeness (QED) is 0.649. The second kappa shape index (κ2) is 7.20. The Morgan fingerprint density at radius 2 is 2.04 bits per heavy atom. The van der Waals surface area contributed by atoms with Crippen molar-refractivity contribution in [3.8, 4) is 11.8 Å². The Kier molecular flexibility index (Phi) is 5.25. The summed E-state index contributed by atoms with van der Waals surface area (Å²) in [7, 11) is 0. The van der Waals surface area contributed by atoms with Gasteiger partial charge in [0.25, 0.3) is 5.91 Å². The van der Waals surface area contributed by atoms with Gasteiger partial charge in [0.15, 0.2) is 0 Å². The molecule has 0 aliphatic rings. The van der Waals surface area contributed by atoms with Gasteiger partial charge in [-0.2, -0.15) is 5.26 Å². The minimum absolute atomic E-state index is 0.0133. The molecule has 0 fully saturated rings. The van der Waals surface area contributed by atoms with Crippen LogP contribution in [-0.2, 0) is 4.79 Å². The van der Waals surface area contributed by atoms with Crippen molar-refractivity contribution >= 4 is 29.6 Å². The van der Waals surface area contributed by atoms with Crippen LogP contribution in [0, 0.1) is 31.0 Å². The van der Waals surface area contributed by atoms with Crippen LogP contribution in [0.3, 0.4) is 0 Å². The Labute approximate surface area is 148 Å². The molecule has 6 nitrogen and oxygen atoms in total. The van der Waals surface area contributed by atoms with Crippen molar-refractivity contribution in [2.75, 3.05) is 0 Å². The monoisotopic (exact) mass is 360 g/mol. The zero-order chi connectivity index (χ0) is 18.7. The third kappa shape index (κ3) is 3.87. The molecular weight excluding hydrogens is 347 g/mol. The van der Waals surface area contributed by atoms with E-state index in [9.17, 15) is 14.0 Å². The summed E-state index contributed by atoms with van der Waals surface area (Å²) < 4.78 is 15.2. The predicted molar refractivity (Wildman–Crippen MR) is 91.5 cm³/mol. The molecule has 2 rings (SSSR count). The SMILES string of the molecule is Cc1cc(/C=C(/C#N)C(=O)NC(N)=O)c(C)n1-c1ccc(F)c(Cl)c1. The van der Waals surface area contributed by atoms with Gasteiger partial charge < -0.3 is 10.3 Å². The molecular formula is C17H14ClFN4O2. The van der Waals surface area contributed by atoms with Gasteiger partial charge in [-0.25, -0.2) is 9.18 Å². The molecule has 3 N–H and O–H groups in total. The summed E-state index contributed by atoms with van der Waals surface area (Å²) in [4.78, 5) is 22.5. The van der Waals surface area contributed by atoms with Crippen molar-refractivity contribution < 1.29 is 14.0 Å². The lowest BCUT2D eigenvalue weighted by molar-refractivity contribution is -0.115. The van der Waals surface area contributed by atoms with Crippen LogP contribution in [0.15, 0.2) is 29.8 Å². The van der Waals surface area contributed by atoms with Crippen molar-refractivity contribution in [1.29, 1.82) is 5.26 Å². The molecule has 0 bridgehead atoms. The number of hydrogen-bond acceptors (Lipinski definition) is 3. The van der Waals surface area contributed by atoms with Crippen LogP contribution in [-0.4, -0.2) is 16.5 Å². The minimum atomic E-state index is -1.04. The molecule has 0 spiro atoms. The van der Waals surface area contributed by atoms with E-state index in [0.717, 1.165) is 5.69 Å². The summed E-state index contributed by atoms with van der Waals surface area (Å²) >= 11 is 5.83. The number of nitriles is 1. The number of rotatable bonds is 3. The number of hydrogen-bond donors (Lipinski definition) is 2. The molecule has 0 unspecified atom stereocenters. The lowest BCUT2D eigenvalue weighted by Crippen LogP contribution is -2.35. The number of primary amides is 1. The summed E-state index contributed by atoms with van der Waals surface area (Å²) in [5, 5.41) is 11.0. The zero-order valence-electron chi connectivity index (χ0n) is 13.4. The van der Waals surface area contributed by atoms with E-state index in [2.05, 4.69) is 0 Å². The Bertz CT molecular complexity index is 941. The van der Waals surface area contributed by atoms with E-state index in [1.54, 1.807) is 29.7 Å². The van der Waals surface area contributed by atoms with Crippen molar-refractivity contribution in [3.63, 3.8) is 0 Å². The predicted octanol–water partition coefficient (Wildman–Crippen LogP) is 2.99. The highest BCUT2D eigenvalue weighted by Gasteiger charge is 2.15. The third-order valence-electron chi connectivity index (χ3n) is 3.53. The van der Waals surface area contributed by atoms with E-state index in [1.807, 2.05) is 12.2 Å². The van der Waals surface area contributed by atoms with Gasteiger partial charge in [0.2, 0.25) is 0 Å². The van der Waals surface area contributed by atoms with Crippen molar-refractivity contribution in [2.24, 2.45) is 5.73 Å². The number of halogens is 2. The molecule has 25 heavy (non-hydrogen) atoms. The van der Waals surface area contributed by atoms with E-state index in [4.69, 9.17) is 22.6 Å². The molecule has 0 saturated heterocycles. The van der Waals surface area contributed by atoms with Gasteiger partial charge >= 0.3 is 6.03 Å². The lowest BCUT2D eigenvalue weighted by atomic mass is 10.1. The second-order valence-corrected chi connectivity index (χ2v) is 5.66. The summed E-state index contributed by atoms with van der Waals surface area (Å²) in [6.07, 6.45) is 1.35. The molecule has 2 aromatic rings. The maximum atomic E-state index is 13.4. The number of aryl methyl sites for hydroxylation is 1. The van der Waals surface area contributed by atoms with Crippen LogP contribution in [0.1, 0.15) is 17.0 Å². The Morgan fingerprint density at radius 3 is 2.60 bits per heavy atom. The van der Waals surface area contributed by atoms with Crippen LogP contribution >= 0.6 is 11.6 Å². The van der Waals surface area contributed by atoms with Gasteiger partial charge in [0.05, 0.1) is 5.02 Å². The minimum Gasteiger partial charge on any atom is -0.351 e. The molecule has 1 aromatic carbocycles. The maximum Gasteiger partial charge on any atom is 0.319 e. The highest BCUT2D eigenvalue weighted by atomic mass is 35.5. The highest BCUT2D eigenvalue weighted by Crippen LogP contribution is 2.25. The average molecular weight is 361 g/mol. The number of aromatic nitrogens is 1. The fourth-order valence-electron chi connectivity index (χ4n) is 2.44. The van der Waals surface area contributed by atoms with Crippen LogP contribution < -0.4 is 11.1 Å². The Balaban J connectivity index is 2.50. The van der Waals surface area contributed by atoms with E-state index in [-0.39, 0.29) is 10.6 Å². The summed E-state index contributed by atoms with van der Waals surface area (Å²) in [5.41, 5.74) is 7.35. The number of urea groups is 1. The first kappa shape index (κ1) is 18.2. The highest BCUT2D eigenvalue weighted by molar-refractivity contribution is 6.30. The molecule has 1 aromatic heterocycles. The number of carbonyl (C=O) groups is 2. The fraction of sp³-hybridized carbons (Fsp3) is 0.118. The van der Waals surface area contributed by atoms with Gasteiger partial charge in [-0.05, 0) is 49.8 Å². The molecule has 0 atom stereocenters. The molecule has 128 valence electrons. The first-order valence-corrected chi connectivity index (χ1v) is 7.49. The number of nitrogens with zero attached hydrogens (tertiary/aromatic N) is 2. The van der Waals surface area contributed by atoms with E-state index < -0.39 is 17.8 Å². The number of carbonyl (C=O) groups excluding carboxylic acids is 2. The Morgan fingerprint density at radius 1 is 1.36 bits per heavy atom. The van der Waals surface area contributed by atoms with E-state index >= 15 is 0 Å². The molecule has 3 amide bonds. The molecule has 0 aliphatic carbocycles. The van der Waals surface area contributed by atoms with Gasteiger partial charge in [0, 0.05) is 17.1 Å². The number of benzene rings is 1.